The van der Waals surface area contributed by atoms with Gasteiger partial charge >= 0.3 is 0 Å². The van der Waals surface area contributed by atoms with Gasteiger partial charge in [-0.2, -0.15) is 0 Å². The van der Waals surface area contributed by atoms with Crippen molar-refractivity contribution >= 4 is 43.6 Å². The maximum Gasteiger partial charge on any atom is 0.266 e. The number of pyridine rings is 1. The van der Waals surface area contributed by atoms with Gasteiger partial charge in [0.15, 0.2) is 0 Å². The van der Waals surface area contributed by atoms with Gasteiger partial charge in [0.05, 0.1) is 27.5 Å². The van der Waals surface area contributed by atoms with E-state index in [1.54, 1.807) is 10.8 Å². The first-order chi connectivity index (χ1) is 21.0. The van der Waals surface area contributed by atoms with E-state index in [9.17, 15) is 4.79 Å². The quantitative estimate of drug-likeness (QED) is 0.202. The van der Waals surface area contributed by atoms with Gasteiger partial charge in [-0.05, 0) is 41.0 Å². The van der Waals surface area contributed by atoms with Gasteiger partial charge in [-0.3, -0.25) is 13.9 Å². The van der Waals surface area contributed by atoms with Crippen LogP contribution in [-0.2, 0) is 5.41 Å². The third-order valence-corrected chi connectivity index (χ3v) is 9.20. The fraction of sp³-hybridized carbons (Fsp3) is 0.0789. The Morgan fingerprint density at radius 2 is 1.28 bits per heavy atom. The second-order valence-corrected chi connectivity index (χ2v) is 11.8. The first-order valence-electron chi connectivity index (χ1n) is 14.6. The van der Waals surface area contributed by atoms with Crippen LogP contribution in [0.3, 0.4) is 0 Å². The molecule has 0 N–H and O–H groups in total. The zero-order valence-corrected chi connectivity index (χ0v) is 23.7. The van der Waals surface area contributed by atoms with Crippen molar-refractivity contribution in [2.75, 3.05) is 0 Å². The molecule has 43 heavy (non-hydrogen) atoms. The Kier molecular flexibility index (Phi) is 4.76. The molecule has 5 nitrogen and oxygen atoms in total. The summed E-state index contributed by atoms with van der Waals surface area (Å²) in [6.45, 7) is 4.60. The second-order valence-electron chi connectivity index (χ2n) is 11.8. The van der Waals surface area contributed by atoms with Crippen molar-refractivity contribution in [2.24, 2.45) is 0 Å². The molecule has 0 radical (unpaired) electrons. The van der Waals surface area contributed by atoms with E-state index in [2.05, 4.69) is 79.1 Å². The molecule has 0 amide bonds. The molecule has 0 fully saturated rings. The third-order valence-electron chi connectivity index (χ3n) is 9.20. The van der Waals surface area contributed by atoms with Gasteiger partial charge in [0.1, 0.15) is 0 Å². The molecule has 5 heteroatoms. The number of aromatic nitrogens is 4. The third kappa shape index (κ3) is 3.14. The maximum absolute atomic E-state index is 14.0. The average Bonchev–Trinajstić information content (AvgIpc) is 3.51. The molecule has 1 aliphatic carbocycles. The monoisotopic (exact) mass is 554 g/mol. The molecule has 0 bridgehead atoms. The van der Waals surface area contributed by atoms with E-state index in [4.69, 9.17) is 9.97 Å². The van der Waals surface area contributed by atoms with Crippen molar-refractivity contribution in [3.63, 3.8) is 0 Å². The van der Waals surface area contributed by atoms with Crippen LogP contribution in [0.5, 0.6) is 0 Å². The van der Waals surface area contributed by atoms with Gasteiger partial charge < -0.3 is 0 Å². The van der Waals surface area contributed by atoms with Crippen LogP contribution >= 0.6 is 0 Å². The standard InChI is InChI=1S/C38H26N4O/c1-38(2)29-17-9-6-15-26(29)33-30(38)21-20-25-24-14-7-10-18-31(24)42(35(25)33)37-39-22-28-34(40-37)27-16-8-11-19-32(27)41(36(28)43)23-12-4-3-5-13-23/h3-22H,1-2H3. The minimum Gasteiger partial charge on any atom is -0.277 e. The van der Waals surface area contributed by atoms with Crippen molar-refractivity contribution in [3.05, 3.63) is 143 Å². The number of nitrogens with zero attached hydrogens (tertiary/aromatic N) is 4. The lowest BCUT2D eigenvalue weighted by Crippen LogP contribution is -2.20. The predicted octanol–water partition coefficient (Wildman–Crippen LogP) is 8.34. The van der Waals surface area contributed by atoms with Gasteiger partial charge in [-0.15, -0.1) is 0 Å². The Balaban J connectivity index is 1.42. The van der Waals surface area contributed by atoms with Crippen molar-refractivity contribution < 1.29 is 0 Å². The average molecular weight is 555 g/mol. The predicted molar refractivity (Wildman–Crippen MR) is 175 cm³/mol. The molecule has 5 aromatic carbocycles. The summed E-state index contributed by atoms with van der Waals surface area (Å²) in [5.74, 6) is 0.552. The molecule has 3 heterocycles. The van der Waals surface area contributed by atoms with Crippen LogP contribution in [0.15, 0.2) is 126 Å². The van der Waals surface area contributed by atoms with Crippen molar-refractivity contribution in [3.8, 4) is 22.8 Å². The van der Waals surface area contributed by atoms with Crippen molar-refractivity contribution in [2.45, 2.75) is 19.3 Å². The zero-order chi connectivity index (χ0) is 28.9. The largest absolute Gasteiger partial charge is 0.277 e. The summed E-state index contributed by atoms with van der Waals surface area (Å²) in [5.41, 5.74) is 9.22. The summed E-state index contributed by atoms with van der Waals surface area (Å²) >= 11 is 0. The van der Waals surface area contributed by atoms with Crippen LogP contribution in [-0.4, -0.2) is 19.1 Å². The molecule has 8 aromatic rings. The summed E-state index contributed by atoms with van der Waals surface area (Å²) in [6, 6.07) is 39.4. The Morgan fingerprint density at radius 3 is 2.09 bits per heavy atom. The number of benzene rings is 5. The Labute approximate surface area is 247 Å². The fourth-order valence-corrected chi connectivity index (χ4v) is 7.22. The highest BCUT2D eigenvalue weighted by Gasteiger charge is 2.37. The normalized spacial score (nSPS) is 13.6. The van der Waals surface area contributed by atoms with Crippen LogP contribution in [0, 0.1) is 0 Å². The molecule has 0 atom stereocenters. The Hall–Kier alpha value is -5.55. The molecule has 204 valence electrons. The second kappa shape index (κ2) is 8.49. The number of rotatable bonds is 2. The highest BCUT2D eigenvalue weighted by molar-refractivity contribution is 6.15. The van der Waals surface area contributed by atoms with Gasteiger partial charge in [-0.1, -0.05) is 105 Å². The number of hydrogen-bond acceptors (Lipinski definition) is 3. The van der Waals surface area contributed by atoms with Crippen LogP contribution in [0.25, 0.3) is 66.4 Å². The maximum atomic E-state index is 14.0. The topological polar surface area (TPSA) is 52.7 Å². The molecule has 3 aromatic heterocycles. The van der Waals surface area contributed by atoms with E-state index >= 15 is 0 Å². The minimum atomic E-state index is -0.135. The summed E-state index contributed by atoms with van der Waals surface area (Å²) < 4.78 is 3.95. The molecule has 0 saturated heterocycles. The van der Waals surface area contributed by atoms with Gasteiger partial charge in [-0.25, -0.2) is 9.97 Å². The van der Waals surface area contributed by atoms with Crippen molar-refractivity contribution in [1.82, 2.24) is 19.1 Å². The van der Waals surface area contributed by atoms with Gasteiger partial charge in [0.2, 0.25) is 5.95 Å². The molecule has 0 aliphatic heterocycles. The van der Waals surface area contributed by atoms with Gasteiger partial charge in [0, 0.05) is 39.0 Å². The molecule has 1 aliphatic rings. The molecule has 0 saturated carbocycles. The number of hydrogen-bond donors (Lipinski definition) is 0. The first kappa shape index (κ1) is 24.1. The highest BCUT2D eigenvalue weighted by atomic mass is 16.1. The van der Waals surface area contributed by atoms with E-state index in [1.165, 1.54) is 22.3 Å². The summed E-state index contributed by atoms with van der Waals surface area (Å²) in [5, 5.41) is 3.70. The lowest BCUT2D eigenvalue weighted by atomic mass is 9.82. The molecule has 9 rings (SSSR count). The fourth-order valence-electron chi connectivity index (χ4n) is 7.22. The lowest BCUT2D eigenvalue weighted by Gasteiger charge is -2.21. The van der Waals surface area contributed by atoms with E-state index in [1.807, 2.05) is 54.6 Å². The van der Waals surface area contributed by atoms with Crippen LogP contribution in [0.4, 0.5) is 0 Å². The van der Waals surface area contributed by atoms with E-state index in [0.29, 0.717) is 16.9 Å². The summed E-state index contributed by atoms with van der Waals surface area (Å²) in [6.07, 6.45) is 1.70. The van der Waals surface area contributed by atoms with E-state index < -0.39 is 0 Å². The van der Waals surface area contributed by atoms with Crippen molar-refractivity contribution in [1.29, 1.82) is 0 Å². The lowest BCUT2D eigenvalue weighted by molar-refractivity contribution is 0.661. The van der Waals surface area contributed by atoms with Crippen LogP contribution in [0.2, 0.25) is 0 Å². The zero-order valence-electron chi connectivity index (χ0n) is 23.7. The van der Waals surface area contributed by atoms with Crippen LogP contribution in [0.1, 0.15) is 25.0 Å². The first-order valence-corrected chi connectivity index (χ1v) is 14.6. The highest BCUT2D eigenvalue weighted by Crippen LogP contribution is 2.52. The van der Waals surface area contributed by atoms with E-state index in [-0.39, 0.29) is 11.0 Å². The minimum absolute atomic E-state index is 0.134. The van der Waals surface area contributed by atoms with Crippen LogP contribution < -0.4 is 5.56 Å². The smallest absolute Gasteiger partial charge is 0.266 e. The summed E-state index contributed by atoms with van der Waals surface area (Å²) in [4.78, 5) is 24.1. The number of fused-ring (bicyclic) bond motifs is 10. The van der Waals surface area contributed by atoms with Gasteiger partial charge in [0.25, 0.3) is 5.56 Å². The number of para-hydroxylation sites is 3. The Bertz CT molecular complexity index is 2500. The summed E-state index contributed by atoms with van der Waals surface area (Å²) in [7, 11) is 0. The molecule has 0 spiro atoms. The Morgan fingerprint density at radius 1 is 0.605 bits per heavy atom. The molecular weight excluding hydrogens is 528 g/mol. The molecular formula is C38H26N4O. The van der Waals surface area contributed by atoms with E-state index in [0.717, 1.165) is 38.4 Å². The SMILES string of the molecule is CC1(C)c2ccccc2-c2c1ccc1c3ccccc3n(-c3ncc4c(=O)n(-c5ccccc5)c5ccccc5c4n3)c21. The molecule has 0 unspecified atom stereocenters.